The number of ether oxygens (including phenoxy) is 3. The van der Waals surface area contributed by atoms with Crippen LogP contribution in [0.5, 0.6) is 17.2 Å². The van der Waals surface area contributed by atoms with Crippen molar-refractivity contribution in [1.82, 2.24) is 0 Å². The Morgan fingerprint density at radius 1 is 0.923 bits per heavy atom. The van der Waals surface area contributed by atoms with E-state index in [0.29, 0.717) is 24.5 Å². The average molecular weight is 356 g/mol. The van der Waals surface area contributed by atoms with Crippen LogP contribution in [-0.4, -0.2) is 24.3 Å². The summed E-state index contributed by atoms with van der Waals surface area (Å²) < 4.78 is 16.5. The van der Waals surface area contributed by atoms with Gasteiger partial charge in [-0.3, -0.25) is 0 Å². The molecule has 0 bridgehead atoms. The molecule has 2 aromatic rings. The molecule has 138 valence electrons. The maximum Gasteiger partial charge on any atom is 0.371 e. The van der Waals surface area contributed by atoms with Gasteiger partial charge in [0.2, 0.25) is 5.76 Å². The maximum atomic E-state index is 11.5. The van der Waals surface area contributed by atoms with E-state index in [0.717, 1.165) is 24.3 Å². The molecule has 0 aliphatic rings. The van der Waals surface area contributed by atoms with Crippen molar-refractivity contribution in [3.05, 3.63) is 59.9 Å². The first-order valence-corrected chi connectivity index (χ1v) is 8.71. The monoisotopic (exact) mass is 356 g/mol. The molecule has 2 aromatic carbocycles. The second kappa shape index (κ2) is 10.1. The fourth-order valence-electron chi connectivity index (χ4n) is 2.18. The number of carboxylic acids is 1. The van der Waals surface area contributed by atoms with Crippen molar-refractivity contribution in [1.29, 1.82) is 0 Å². The molecule has 2 rings (SSSR count). The lowest BCUT2D eigenvalue weighted by molar-refractivity contribution is -0.134. The van der Waals surface area contributed by atoms with E-state index in [9.17, 15) is 9.90 Å². The van der Waals surface area contributed by atoms with Crippen molar-refractivity contribution in [2.75, 3.05) is 13.2 Å². The van der Waals surface area contributed by atoms with E-state index in [2.05, 4.69) is 6.92 Å². The Hall–Kier alpha value is -2.95. The van der Waals surface area contributed by atoms with Gasteiger partial charge in [0.15, 0.2) is 0 Å². The summed E-state index contributed by atoms with van der Waals surface area (Å²) >= 11 is 0. The van der Waals surface area contributed by atoms with Crippen LogP contribution < -0.4 is 14.2 Å². The van der Waals surface area contributed by atoms with Crippen LogP contribution in [0.3, 0.4) is 0 Å². The fraction of sp³-hybridized carbons (Fsp3) is 0.286. The maximum absolute atomic E-state index is 11.5. The van der Waals surface area contributed by atoms with Gasteiger partial charge in [-0.1, -0.05) is 25.5 Å². The zero-order valence-electron chi connectivity index (χ0n) is 15.1. The number of carbonyl (C=O) groups is 1. The Morgan fingerprint density at radius 3 is 2.08 bits per heavy atom. The number of hydrogen-bond acceptors (Lipinski definition) is 4. The second-order valence-electron chi connectivity index (χ2n) is 5.59. The van der Waals surface area contributed by atoms with Gasteiger partial charge >= 0.3 is 5.97 Å². The minimum atomic E-state index is -1.14. The van der Waals surface area contributed by atoms with E-state index in [1.165, 1.54) is 6.08 Å². The molecular formula is C21H24O5. The average Bonchev–Trinajstić information content (AvgIpc) is 2.64. The van der Waals surface area contributed by atoms with Crippen LogP contribution >= 0.6 is 0 Å². The van der Waals surface area contributed by atoms with Crippen LogP contribution in [0.15, 0.2) is 54.3 Å². The van der Waals surface area contributed by atoms with Crippen LogP contribution in [-0.2, 0) is 4.79 Å². The fourth-order valence-corrected chi connectivity index (χ4v) is 2.18. The molecule has 0 aromatic heterocycles. The third-order valence-electron chi connectivity index (χ3n) is 3.52. The Morgan fingerprint density at radius 2 is 1.50 bits per heavy atom. The van der Waals surface area contributed by atoms with Crippen LogP contribution in [0.4, 0.5) is 0 Å². The summed E-state index contributed by atoms with van der Waals surface area (Å²) in [5.74, 6) is 0.614. The highest BCUT2D eigenvalue weighted by Gasteiger charge is 2.11. The quantitative estimate of drug-likeness (QED) is 0.377. The van der Waals surface area contributed by atoms with Gasteiger partial charge in [0, 0.05) is 0 Å². The van der Waals surface area contributed by atoms with Gasteiger partial charge in [-0.2, -0.15) is 0 Å². The highest BCUT2D eigenvalue weighted by molar-refractivity contribution is 5.90. The van der Waals surface area contributed by atoms with Gasteiger partial charge < -0.3 is 19.3 Å². The molecule has 5 nitrogen and oxygen atoms in total. The van der Waals surface area contributed by atoms with E-state index in [1.807, 2.05) is 6.92 Å². The van der Waals surface area contributed by atoms with Gasteiger partial charge in [0.25, 0.3) is 0 Å². The highest BCUT2D eigenvalue weighted by Crippen LogP contribution is 2.21. The summed E-state index contributed by atoms with van der Waals surface area (Å²) in [6.45, 7) is 5.25. The molecule has 26 heavy (non-hydrogen) atoms. The molecule has 0 radical (unpaired) electrons. The third kappa shape index (κ3) is 6.16. The van der Waals surface area contributed by atoms with Gasteiger partial charge in [-0.05, 0) is 61.4 Å². The summed E-state index contributed by atoms with van der Waals surface area (Å²) in [6, 6.07) is 14.0. The summed E-state index contributed by atoms with van der Waals surface area (Å²) in [5.41, 5.74) is 0.713. The number of hydrogen-bond donors (Lipinski definition) is 1. The van der Waals surface area contributed by atoms with E-state index < -0.39 is 5.97 Å². The van der Waals surface area contributed by atoms with Crippen molar-refractivity contribution in [3.63, 3.8) is 0 Å². The summed E-state index contributed by atoms with van der Waals surface area (Å²) in [6.07, 6.45) is 3.54. The van der Waals surface area contributed by atoms with Crippen LogP contribution in [0.25, 0.3) is 6.08 Å². The lowest BCUT2D eigenvalue weighted by Crippen LogP contribution is -2.07. The smallest absolute Gasteiger partial charge is 0.371 e. The molecule has 0 aliphatic heterocycles. The first kappa shape index (κ1) is 19.4. The first-order chi connectivity index (χ1) is 12.6. The molecule has 0 heterocycles. The SMILES string of the molecule is CCCCOc1ccc(OC(=Cc2ccc(OCC)cc2)C(=O)O)cc1. The second-order valence-corrected chi connectivity index (χ2v) is 5.59. The van der Waals surface area contributed by atoms with Crippen molar-refractivity contribution >= 4 is 12.0 Å². The molecule has 0 aliphatic carbocycles. The molecule has 5 heteroatoms. The van der Waals surface area contributed by atoms with Gasteiger partial charge in [-0.15, -0.1) is 0 Å². The summed E-state index contributed by atoms with van der Waals surface area (Å²) in [5, 5.41) is 9.39. The lowest BCUT2D eigenvalue weighted by Gasteiger charge is -2.09. The number of carboxylic acid groups (broad SMARTS) is 1. The van der Waals surface area contributed by atoms with Gasteiger partial charge in [0.1, 0.15) is 17.2 Å². The Bertz CT molecular complexity index is 717. The van der Waals surface area contributed by atoms with E-state index >= 15 is 0 Å². The van der Waals surface area contributed by atoms with Crippen LogP contribution in [0.1, 0.15) is 32.3 Å². The molecule has 0 spiro atoms. The lowest BCUT2D eigenvalue weighted by atomic mass is 10.2. The zero-order chi connectivity index (χ0) is 18.8. The van der Waals surface area contributed by atoms with E-state index in [4.69, 9.17) is 14.2 Å². The molecule has 0 amide bonds. The van der Waals surface area contributed by atoms with Crippen LogP contribution in [0.2, 0.25) is 0 Å². The van der Waals surface area contributed by atoms with Crippen molar-refractivity contribution in [2.24, 2.45) is 0 Å². The van der Waals surface area contributed by atoms with Gasteiger partial charge in [-0.25, -0.2) is 4.79 Å². The highest BCUT2D eigenvalue weighted by atomic mass is 16.5. The third-order valence-corrected chi connectivity index (χ3v) is 3.52. The predicted molar refractivity (Wildman–Crippen MR) is 101 cm³/mol. The number of aliphatic carboxylic acids is 1. The van der Waals surface area contributed by atoms with Crippen molar-refractivity contribution in [2.45, 2.75) is 26.7 Å². The molecule has 0 saturated heterocycles. The first-order valence-electron chi connectivity index (χ1n) is 8.71. The number of benzene rings is 2. The Kier molecular flexibility index (Phi) is 7.55. The van der Waals surface area contributed by atoms with Gasteiger partial charge in [0.05, 0.1) is 13.2 Å². The van der Waals surface area contributed by atoms with Crippen molar-refractivity contribution in [3.8, 4) is 17.2 Å². The minimum Gasteiger partial charge on any atom is -0.494 e. The van der Waals surface area contributed by atoms with E-state index in [1.54, 1.807) is 48.5 Å². The normalized spacial score (nSPS) is 11.1. The van der Waals surface area contributed by atoms with Crippen LogP contribution in [0, 0.1) is 0 Å². The molecule has 0 unspecified atom stereocenters. The number of rotatable bonds is 10. The Labute approximate surface area is 153 Å². The van der Waals surface area contributed by atoms with Crippen molar-refractivity contribution < 1.29 is 24.1 Å². The standard InChI is InChI=1S/C21H24O5/c1-3-5-14-25-18-10-12-19(13-11-18)26-20(21(22)23)15-16-6-8-17(9-7-16)24-4-2/h6-13,15H,3-5,14H2,1-2H3,(H,22,23). The zero-order valence-corrected chi connectivity index (χ0v) is 15.1. The summed E-state index contributed by atoms with van der Waals surface area (Å²) in [4.78, 5) is 11.5. The summed E-state index contributed by atoms with van der Waals surface area (Å²) in [7, 11) is 0. The molecular weight excluding hydrogens is 332 g/mol. The number of unbranched alkanes of at least 4 members (excludes halogenated alkanes) is 1. The molecule has 1 N–H and O–H groups in total. The van der Waals surface area contributed by atoms with E-state index in [-0.39, 0.29) is 5.76 Å². The molecule has 0 fully saturated rings. The largest absolute Gasteiger partial charge is 0.494 e. The predicted octanol–water partition coefficient (Wildman–Crippen LogP) is 4.77. The Balaban J connectivity index is 2.06. The topological polar surface area (TPSA) is 65.0 Å². The minimum absolute atomic E-state index is 0.159. The molecule has 0 saturated carbocycles. The molecule has 0 atom stereocenters.